The van der Waals surface area contributed by atoms with Gasteiger partial charge in [-0.3, -0.25) is 4.79 Å². The molecule has 0 atom stereocenters. The minimum absolute atomic E-state index is 0.00448. The Labute approximate surface area is 116 Å². The van der Waals surface area contributed by atoms with Gasteiger partial charge < -0.3 is 16.4 Å². The van der Waals surface area contributed by atoms with Crippen LogP contribution in [0.5, 0.6) is 0 Å². The number of benzene rings is 1. The van der Waals surface area contributed by atoms with E-state index in [-0.39, 0.29) is 10.9 Å². The van der Waals surface area contributed by atoms with E-state index in [0.717, 1.165) is 12.8 Å². The van der Waals surface area contributed by atoms with E-state index in [1.54, 1.807) is 12.1 Å². The van der Waals surface area contributed by atoms with Crippen LogP contribution >= 0.6 is 12.2 Å². The van der Waals surface area contributed by atoms with E-state index in [9.17, 15) is 9.18 Å². The summed E-state index contributed by atoms with van der Waals surface area (Å²) in [6.45, 7) is 0.391. The largest absolute Gasteiger partial charge is 0.389 e. The van der Waals surface area contributed by atoms with Crippen molar-refractivity contribution in [3.05, 3.63) is 29.6 Å². The van der Waals surface area contributed by atoms with E-state index < -0.39 is 5.82 Å². The van der Waals surface area contributed by atoms with Gasteiger partial charge in [0.2, 0.25) is 5.91 Å². The highest BCUT2D eigenvalue weighted by molar-refractivity contribution is 7.80. The monoisotopic (exact) mass is 281 g/mol. The summed E-state index contributed by atoms with van der Waals surface area (Å²) in [5.74, 6) is -0.428. The van der Waals surface area contributed by atoms with Gasteiger partial charge in [0.15, 0.2) is 0 Å². The molecule has 0 saturated heterocycles. The summed E-state index contributed by atoms with van der Waals surface area (Å²) >= 11 is 4.77. The predicted octanol–water partition coefficient (Wildman–Crippen LogP) is 1.54. The quantitative estimate of drug-likeness (QED) is 0.692. The van der Waals surface area contributed by atoms with Gasteiger partial charge in [0.1, 0.15) is 10.8 Å². The lowest BCUT2D eigenvalue weighted by Crippen LogP contribution is -2.27. The van der Waals surface area contributed by atoms with Gasteiger partial charge in [-0.1, -0.05) is 12.2 Å². The van der Waals surface area contributed by atoms with Gasteiger partial charge in [0, 0.05) is 24.6 Å². The Morgan fingerprint density at radius 3 is 2.79 bits per heavy atom. The van der Waals surface area contributed by atoms with Crippen LogP contribution in [0.3, 0.4) is 0 Å². The summed E-state index contributed by atoms with van der Waals surface area (Å²) in [5, 5.41) is 5.76. The van der Waals surface area contributed by atoms with Crippen molar-refractivity contribution in [1.82, 2.24) is 5.32 Å². The molecule has 4 N–H and O–H groups in total. The zero-order valence-electron chi connectivity index (χ0n) is 10.4. The zero-order chi connectivity index (χ0) is 13.8. The van der Waals surface area contributed by atoms with Crippen LogP contribution in [0.1, 0.15) is 24.8 Å². The molecule has 6 heteroatoms. The van der Waals surface area contributed by atoms with Gasteiger partial charge in [-0.05, 0) is 31.0 Å². The Kier molecular flexibility index (Phi) is 4.31. The summed E-state index contributed by atoms with van der Waals surface area (Å²) < 4.78 is 13.7. The van der Waals surface area contributed by atoms with Crippen LogP contribution in [0.15, 0.2) is 18.2 Å². The highest BCUT2D eigenvalue weighted by atomic mass is 32.1. The first-order valence-electron chi connectivity index (χ1n) is 6.19. The van der Waals surface area contributed by atoms with Gasteiger partial charge in [-0.15, -0.1) is 0 Å². The van der Waals surface area contributed by atoms with Gasteiger partial charge in [0.05, 0.1) is 5.69 Å². The Morgan fingerprint density at radius 2 is 2.21 bits per heavy atom. The first-order chi connectivity index (χ1) is 9.06. The number of carbonyl (C=O) groups excluding carboxylic acids is 1. The number of hydrogen-bond donors (Lipinski definition) is 3. The molecule has 0 heterocycles. The standard InChI is InChI=1S/C13H16FN3OS/c14-10-7-8(13(15)19)1-4-11(10)16-6-5-12(18)17-9-2-3-9/h1,4,7,9,16H,2-3,5-6H2,(H2,15,19)(H,17,18). The molecular weight excluding hydrogens is 265 g/mol. The maximum absolute atomic E-state index is 13.7. The molecule has 4 nitrogen and oxygen atoms in total. The maximum atomic E-state index is 13.7. The molecule has 0 radical (unpaired) electrons. The average Bonchev–Trinajstić information content (AvgIpc) is 3.14. The molecule has 0 bridgehead atoms. The number of thiocarbonyl (C=S) groups is 1. The number of halogens is 1. The minimum Gasteiger partial charge on any atom is -0.389 e. The lowest BCUT2D eigenvalue weighted by molar-refractivity contribution is -0.120. The van der Waals surface area contributed by atoms with Crippen LogP contribution in [0.4, 0.5) is 10.1 Å². The summed E-state index contributed by atoms with van der Waals surface area (Å²) in [7, 11) is 0. The third kappa shape index (κ3) is 4.17. The fourth-order valence-corrected chi connectivity index (χ4v) is 1.78. The second-order valence-corrected chi connectivity index (χ2v) is 5.02. The molecule has 1 aromatic carbocycles. The Balaban J connectivity index is 1.81. The van der Waals surface area contributed by atoms with Crippen molar-refractivity contribution in [1.29, 1.82) is 0 Å². The molecule has 1 aliphatic rings. The number of nitrogens with one attached hydrogen (secondary N) is 2. The van der Waals surface area contributed by atoms with E-state index in [1.165, 1.54) is 6.07 Å². The zero-order valence-corrected chi connectivity index (χ0v) is 11.2. The van der Waals surface area contributed by atoms with E-state index >= 15 is 0 Å². The Hall–Kier alpha value is -1.69. The SMILES string of the molecule is NC(=S)c1ccc(NCCC(=O)NC2CC2)c(F)c1. The van der Waals surface area contributed by atoms with Gasteiger partial charge in [0.25, 0.3) is 0 Å². The second-order valence-electron chi connectivity index (χ2n) is 4.58. The van der Waals surface area contributed by atoms with Crippen LogP contribution in [0.25, 0.3) is 0 Å². The second kappa shape index (κ2) is 5.97. The highest BCUT2D eigenvalue weighted by Crippen LogP contribution is 2.19. The minimum atomic E-state index is -0.423. The maximum Gasteiger partial charge on any atom is 0.221 e. The first-order valence-corrected chi connectivity index (χ1v) is 6.59. The number of hydrogen-bond acceptors (Lipinski definition) is 3. The summed E-state index contributed by atoms with van der Waals surface area (Å²) in [6, 6.07) is 4.87. The fraction of sp³-hybridized carbons (Fsp3) is 0.385. The van der Waals surface area contributed by atoms with Gasteiger partial charge in [-0.25, -0.2) is 4.39 Å². The molecule has 1 amide bonds. The Morgan fingerprint density at radius 1 is 1.47 bits per heavy atom. The van der Waals surface area contributed by atoms with Gasteiger partial charge in [-0.2, -0.15) is 0 Å². The van der Waals surface area contributed by atoms with Crippen molar-refractivity contribution in [3.63, 3.8) is 0 Å². The van der Waals surface area contributed by atoms with Gasteiger partial charge >= 0.3 is 0 Å². The van der Waals surface area contributed by atoms with Crippen molar-refractivity contribution in [3.8, 4) is 0 Å². The number of nitrogens with two attached hydrogens (primary N) is 1. The normalized spacial score (nSPS) is 13.9. The summed E-state index contributed by atoms with van der Waals surface area (Å²) in [4.78, 5) is 11.6. The molecule has 2 rings (SSSR count). The van der Waals surface area contributed by atoms with E-state index in [4.69, 9.17) is 18.0 Å². The van der Waals surface area contributed by atoms with Crippen LogP contribution < -0.4 is 16.4 Å². The number of anilines is 1. The Bertz CT molecular complexity index is 503. The molecule has 0 aromatic heterocycles. The molecule has 0 spiro atoms. The number of rotatable bonds is 6. The van der Waals surface area contributed by atoms with Crippen molar-refractivity contribution in [2.24, 2.45) is 5.73 Å². The van der Waals surface area contributed by atoms with E-state index in [2.05, 4.69) is 10.6 Å². The van der Waals surface area contributed by atoms with Crippen LogP contribution in [0.2, 0.25) is 0 Å². The number of amides is 1. The van der Waals surface area contributed by atoms with Crippen molar-refractivity contribution in [2.75, 3.05) is 11.9 Å². The molecule has 1 aromatic rings. The molecule has 102 valence electrons. The number of carbonyl (C=O) groups is 1. The van der Waals surface area contributed by atoms with Crippen molar-refractivity contribution in [2.45, 2.75) is 25.3 Å². The fourth-order valence-electron chi connectivity index (χ4n) is 1.65. The van der Waals surface area contributed by atoms with Crippen LogP contribution in [-0.2, 0) is 4.79 Å². The molecule has 1 fully saturated rings. The smallest absolute Gasteiger partial charge is 0.221 e. The average molecular weight is 281 g/mol. The van der Waals surface area contributed by atoms with Crippen LogP contribution in [0, 0.1) is 5.82 Å². The molecule has 1 aliphatic carbocycles. The summed E-state index contributed by atoms with van der Waals surface area (Å²) in [6.07, 6.45) is 2.45. The molecule has 0 aliphatic heterocycles. The molecule has 1 saturated carbocycles. The lowest BCUT2D eigenvalue weighted by Gasteiger charge is -2.09. The lowest BCUT2D eigenvalue weighted by atomic mass is 10.2. The molecule has 0 unspecified atom stereocenters. The molecular formula is C13H16FN3OS. The topological polar surface area (TPSA) is 67.1 Å². The first kappa shape index (κ1) is 13.7. The van der Waals surface area contributed by atoms with Crippen molar-refractivity contribution < 1.29 is 9.18 Å². The third-order valence-electron chi connectivity index (χ3n) is 2.86. The summed E-state index contributed by atoms with van der Waals surface area (Å²) in [5.41, 5.74) is 6.25. The third-order valence-corrected chi connectivity index (χ3v) is 3.10. The highest BCUT2D eigenvalue weighted by Gasteiger charge is 2.22. The van der Waals surface area contributed by atoms with Crippen molar-refractivity contribution >= 4 is 28.8 Å². The van der Waals surface area contributed by atoms with E-state index in [1.807, 2.05) is 0 Å². The molecule has 19 heavy (non-hydrogen) atoms. The van der Waals surface area contributed by atoms with E-state index in [0.29, 0.717) is 30.3 Å². The van der Waals surface area contributed by atoms with Crippen LogP contribution in [-0.4, -0.2) is 23.5 Å². The predicted molar refractivity (Wildman–Crippen MR) is 76.6 cm³/mol.